The number of unbranched alkanes of at least 4 members (excludes halogenated alkanes) is 1. The maximum absolute atomic E-state index is 5.49. The third kappa shape index (κ3) is 4.75. The molecule has 1 rings (SSSR count). The second-order valence-electron chi connectivity index (χ2n) is 4.55. The van der Waals surface area contributed by atoms with Gasteiger partial charge in [0.05, 0.1) is 7.11 Å². The van der Waals surface area contributed by atoms with Crippen LogP contribution < -0.4 is 10.5 Å². The zero-order valence-electron chi connectivity index (χ0n) is 11.2. The lowest BCUT2D eigenvalue weighted by atomic mass is 10.1. The summed E-state index contributed by atoms with van der Waals surface area (Å²) in [4.78, 5) is 2.31. The van der Waals surface area contributed by atoms with E-state index in [0.717, 1.165) is 38.2 Å². The third-order valence-electron chi connectivity index (χ3n) is 2.87. The molecule has 0 radical (unpaired) electrons. The molecule has 17 heavy (non-hydrogen) atoms. The van der Waals surface area contributed by atoms with Crippen LogP contribution in [0.25, 0.3) is 0 Å². The first-order valence-corrected chi connectivity index (χ1v) is 6.19. The molecule has 1 aromatic rings. The average molecular weight is 236 g/mol. The van der Waals surface area contributed by atoms with Crippen molar-refractivity contribution in [2.45, 2.75) is 26.3 Å². The van der Waals surface area contributed by atoms with Gasteiger partial charge in [0.1, 0.15) is 5.75 Å². The average Bonchev–Trinajstić information content (AvgIpc) is 2.29. The molecule has 96 valence electrons. The second kappa shape index (κ2) is 7.30. The first-order chi connectivity index (χ1) is 8.17. The van der Waals surface area contributed by atoms with Crippen molar-refractivity contribution in [3.63, 3.8) is 0 Å². The van der Waals surface area contributed by atoms with Gasteiger partial charge in [-0.3, -0.25) is 0 Å². The Bertz CT molecular complexity index is 339. The second-order valence-corrected chi connectivity index (χ2v) is 4.55. The first-order valence-electron chi connectivity index (χ1n) is 6.19. The highest BCUT2D eigenvalue weighted by molar-refractivity contribution is 5.36. The molecule has 0 aliphatic rings. The van der Waals surface area contributed by atoms with Crippen LogP contribution in [0.1, 0.15) is 24.0 Å². The fourth-order valence-corrected chi connectivity index (χ4v) is 1.93. The summed E-state index contributed by atoms with van der Waals surface area (Å²) in [5.74, 6) is 0.973. The molecule has 3 heteroatoms. The number of hydrogen-bond donors (Lipinski definition) is 1. The van der Waals surface area contributed by atoms with Gasteiger partial charge in [-0.25, -0.2) is 0 Å². The van der Waals surface area contributed by atoms with Gasteiger partial charge >= 0.3 is 0 Å². The van der Waals surface area contributed by atoms with Crippen molar-refractivity contribution in [1.29, 1.82) is 0 Å². The molecule has 0 aliphatic heterocycles. The number of nitrogens with two attached hydrogens (primary N) is 1. The lowest BCUT2D eigenvalue weighted by molar-refractivity contribution is 0.311. The van der Waals surface area contributed by atoms with E-state index < -0.39 is 0 Å². The quantitative estimate of drug-likeness (QED) is 0.737. The van der Waals surface area contributed by atoms with Crippen LogP contribution in [0.2, 0.25) is 0 Å². The Hall–Kier alpha value is -1.06. The van der Waals surface area contributed by atoms with Crippen LogP contribution in [-0.4, -0.2) is 32.1 Å². The molecular weight excluding hydrogens is 212 g/mol. The summed E-state index contributed by atoms with van der Waals surface area (Å²) in [5.41, 5.74) is 8.02. The molecule has 0 bridgehead atoms. The van der Waals surface area contributed by atoms with Gasteiger partial charge in [-0.2, -0.15) is 0 Å². The summed E-state index contributed by atoms with van der Waals surface area (Å²) in [5, 5.41) is 0. The minimum absolute atomic E-state index is 0.779. The predicted octanol–water partition coefficient (Wildman–Crippen LogP) is 2.17. The van der Waals surface area contributed by atoms with Crippen molar-refractivity contribution in [3.05, 3.63) is 29.3 Å². The van der Waals surface area contributed by atoms with E-state index in [4.69, 9.17) is 10.5 Å². The Labute approximate surface area is 105 Å². The summed E-state index contributed by atoms with van der Waals surface area (Å²) in [7, 11) is 3.86. The van der Waals surface area contributed by atoms with Crippen LogP contribution in [0.5, 0.6) is 5.75 Å². The van der Waals surface area contributed by atoms with E-state index in [1.807, 2.05) is 6.07 Å². The largest absolute Gasteiger partial charge is 0.496 e. The molecule has 0 atom stereocenters. The van der Waals surface area contributed by atoms with E-state index in [9.17, 15) is 0 Å². The van der Waals surface area contributed by atoms with Gasteiger partial charge in [-0.05, 0) is 46.0 Å². The summed E-state index contributed by atoms with van der Waals surface area (Å²) in [6.07, 6.45) is 2.25. The Morgan fingerprint density at radius 2 is 2.06 bits per heavy atom. The Morgan fingerprint density at radius 3 is 2.71 bits per heavy atom. The fourth-order valence-electron chi connectivity index (χ4n) is 1.93. The molecule has 0 unspecified atom stereocenters. The number of aryl methyl sites for hydroxylation is 1. The van der Waals surface area contributed by atoms with Gasteiger partial charge in [0, 0.05) is 12.1 Å². The maximum Gasteiger partial charge on any atom is 0.123 e. The molecule has 0 aliphatic carbocycles. The fraction of sp³-hybridized carbons (Fsp3) is 0.571. The van der Waals surface area contributed by atoms with Crippen molar-refractivity contribution in [1.82, 2.24) is 4.90 Å². The molecule has 0 heterocycles. The van der Waals surface area contributed by atoms with Crippen LogP contribution in [0.4, 0.5) is 0 Å². The molecule has 2 N–H and O–H groups in total. The van der Waals surface area contributed by atoms with Crippen LogP contribution in [0.15, 0.2) is 18.2 Å². The number of hydrogen-bond acceptors (Lipinski definition) is 3. The van der Waals surface area contributed by atoms with E-state index in [1.54, 1.807) is 7.11 Å². The van der Waals surface area contributed by atoms with Crippen LogP contribution in [0.3, 0.4) is 0 Å². The summed E-state index contributed by atoms with van der Waals surface area (Å²) in [6, 6.07) is 6.31. The topological polar surface area (TPSA) is 38.5 Å². The third-order valence-corrected chi connectivity index (χ3v) is 2.87. The number of nitrogens with zero attached hydrogens (tertiary/aromatic N) is 1. The summed E-state index contributed by atoms with van der Waals surface area (Å²) < 4.78 is 5.38. The van der Waals surface area contributed by atoms with Crippen LogP contribution in [0, 0.1) is 6.92 Å². The molecule has 3 nitrogen and oxygen atoms in total. The van der Waals surface area contributed by atoms with Crippen molar-refractivity contribution in [3.8, 4) is 5.75 Å². The van der Waals surface area contributed by atoms with Gasteiger partial charge in [-0.15, -0.1) is 0 Å². The van der Waals surface area contributed by atoms with E-state index in [1.165, 1.54) is 11.1 Å². The Balaban J connectivity index is 2.57. The minimum atomic E-state index is 0.779. The SMILES string of the molecule is COc1ccc(C)cc1CN(C)CCCCN. The van der Waals surface area contributed by atoms with Crippen molar-refractivity contribution < 1.29 is 4.74 Å². The lowest BCUT2D eigenvalue weighted by Crippen LogP contribution is -2.20. The van der Waals surface area contributed by atoms with Gasteiger partial charge in [0.2, 0.25) is 0 Å². The monoisotopic (exact) mass is 236 g/mol. The lowest BCUT2D eigenvalue weighted by Gasteiger charge is -2.18. The highest BCUT2D eigenvalue weighted by Gasteiger charge is 2.06. The summed E-state index contributed by atoms with van der Waals surface area (Å²) >= 11 is 0. The normalized spacial score (nSPS) is 10.9. The smallest absolute Gasteiger partial charge is 0.123 e. The molecule has 1 aromatic carbocycles. The van der Waals surface area contributed by atoms with Crippen LogP contribution in [-0.2, 0) is 6.54 Å². The van der Waals surface area contributed by atoms with Gasteiger partial charge in [0.25, 0.3) is 0 Å². The Morgan fingerprint density at radius 1 is 1.29 bits per heavy atom. The maximum atomic E-state index is 5.49. The molecule has 0 saturated carbocycles. The Kier molecular flexibility index (Phi) is 6.01. The molecule has 0 fully saturated rings. The van der Waals surface area contributed by atoms with Gasteiger partial charge in [0.15, 0.2) is 0 Å². The van der Waals surface area contributed by atoms with Crippen molar-refractivity contribution >= 4 is 0 Å². The minimum Gasteiger partial charge on any atom is -0.496 e. The van der Waals surface area contributed by atoms with Gasteiger partial charge in [-0.1, -0.05) is 17.7 Å². The molecule has 0 amide bonds. The predicted molar refractivity (Wildman–Crippen MR) is 72.4 cm³/mol. The van der Waals surface area contributed by atoms with E-state index in [-0.39, 0.29) is 0 Å². The standard InChI is InChI=1S/C14H24N2O/c1-12-6-7-14(17-3)13(10-12)11-16(2)9-5-4-8-15/h6-7,10H,4-5,8-9,11,15H2,1-3H3. The molecular formula is C14H24N2O. The number of rotatable bonds is 7. The van der Waals surface area contributed by atoms with Crippen LogP contribution >= 0.6 is 0 Å². The van der Waals surface area contributed by atoms with E-state index in [0.29, 0.717) is 0 Å². The summed E-state index contributed by atoms with van der Waals surface area (Å²) in [6.45, 7) is 4.89. The zero-order chi connectivity index (χ0) is 12.7. The van der Waals surface area contributed by atoms with Crippen molar-refractivity contribution in [2.24, 2.45) is 5.73 Å². The number of methoxy groups -OCH3 is 1. The highest BCUT2D eigenvalue weighted by Crippen LogP contribution is 2.20. The van der Waals surface area contributed by atoms with Gasteiger partial charge < -0.3 is 15.4 Å². The highest BCUT2D eigenvalue weighted by atomic mass is 16.5. The van der Waals surface area contributed by atoms with Crippen molar-refractivity contribution in [2.75, 3.05) is 27.2 Å². The number of ether oxygens (including phenoxy) is 1. The van der Waals surface area contributed by atoms with E-state index >= 15 is 0 Å². The number of benzene rings is 1. The first kappa shape index (κ1) is 14.0. The molecule has 0 saturated heterocycles. The molecule has 0 spiro atoms. The zero-order valence-corrected chi connectivity index (χ0v) is 11.2. The van der Waals surface area contributed by atoms with E-state index in [2.05, 4.69) is 31.0 Å². The molecule has 0 aromatic heterocycles.